The van der Waals surface area contributed by atoms with E-state index in [2.05, 4.69) is 0 Å². The Labute approximate surface area is 140 Å². The average Bonchev–Trinajstić information content (AvgIpc) is 3.00. The van der Waals surface area contributed by atoms with Crippen LogP contribution in [0.5, 0.6) is 0 Å². The second kappa shape index (κ2) is 6.71. The van der Waals surface area contributed by atoms with Crippen LogP contribution in [-0.4, -0.2) is 53.1 Å². The quantitative estimate of drug-likeness (QED) is 0.857. The van der Waals surface area contributed by atoms with Gasteiger partial charge in [0.05, 0.1) is 23.0 Å². The summed E-state index contributed by atoms with van der Waals surface area (Å²) in [5.41, 5.74) is 0.457. The summed E-state index contributed by atoms with van der Waals surface area (Å²) < 4.78 is 5.87. The van der Waals surface area contributed by atoms with Crippen molar-refractivity contribution in [2.24, 2.45) is 0 Å². The van der Waals surface area contributed by atoms with E-state index in [9.17, 15) is 14.7 Å². The van der Waals surface area contributed by atoms with Crippen LogP contribution in [0.1, 0.15) is 47.8 Å². The molecule has 1 amide bonds. The third-order valence-corrected chi connectivity index (χ3v) is 6.02. The van der Waals surface area contributed by atoms with E-state index in [0.717, 1.165) is 18.4 Å². The summed E-state index contributed by atoms with van der Waals surface area (Å²) in [6.07, 6.45) is 3.01. The lowest BCUT2D eigenvalue weighted by Gasteiger charge is -2.46. The molecule has 1 N–H and O–H groups in total. The second-order valence-corrected chi connectivity index (χ2v) is 7.42. The van der Waals surface area contributed by atoms with E-state index in [-0.39, 0.29) is 11.7 Å². The molecule has 1 aromatic heterocycles. The number of thiophene rings is 1. The molecule has 0 bridgehead atoms. The molecular weight excluding hydrogens is 314 g/mol. The zero-order valence-corrected chi connectivity index (χ0v) is 14.2. The Hall–Kier alpha value is -1.24. The number of ketones is 1. The van der Waals surface area contributed by atoms with Gasteiger partial charge in [-0.2, -0.15) is 0 Å². The maximum atomic E-state index is 12.4. The molecule has 6 heteroatoms. The highest BCUT2D eigenvalue weighted by atomic mass is 32.1. The van der Waals surface area contributed by atoms with E-state index in [0.29, 0.717) is 43.8 Å². The minimum Gasteiger partial charge on any atom is -0.390 e. The standard InChI is InChI=1S/C17H23NO4S/c1-12(19)14-9-13(11-23-14)10-16(21)18-6-4-17(5-7-18)15(20)3-2-8-22-17/h9,11,15,20H,2-8,10H2,1H3/t15-/m0/s1. The summed E-state index contributed by atoms with van der Waals surface area (Å²) in [5.74, 6) is 0.120. The number of carbonyl (C=O) groups excluding carboxylic acids is 2. The fraction of sp³-hybridized carbons (Fsp3) is 0.647. The van der Waals surface area contributed by atoms with Crippen molar-refractivity contribution in [3.05, 3.63) is 21.9 Å². The van der Waals surface area contributed by atoms with Gasteiger partial charge in [0, 0.05) is 19.7 Å². The largest absolute Gasteiger partial charge is 0.390 e. The Morgan fingerprint density at radius 3 is 2.78 bits per heavy atom. The molecule has 0 radical (unpaired) electrons. The predicted molar refractivity (Wildman–Crippen MR) is 87.8 cm³/mol. The van der Waals surface area contributed by atoms with Crippen LogP contribution in [0.3, 0.4) is 0 Å². The number of rotatable bonds is 3. The number of Topliss-reactive ketones (excluding diaryl/α,β-unsaturated/α-hetero) is 1. The summed E-state index contributed by atoms with van der Waals surface area (Å²) in [6, 6.07) is 1.81. The molecule has 3 rings (SSSR count). The van der Waals surface area contributed by atoms with Gasteiger partial charge in [0.2, 0.25) is 5.91 Å². The molecule has 0 aliphatic carbocycles. The van der Waals surface area contributed by atoms with Crippen molar-refractivity contribution in [2.75, 3.05) is 19.7 Å². The van der Waals surface area contributed by atoms with Gasteiger partial charge in [-0.1, -0.05) is 0 Å². The molecule has 0 saturated carbocycles. The van der Waals surface area contributed by atoms with Crippen molar-refractivity contribution in [2.45, 2.75) is 50.7 Å². The minimum absolute atomic E-state index is 0.0389. The van der Waals surface area contributed by atoms with Crippen molar-refractivity contribution < 1.29 is 19.4 Å². The van der Waals surface area contributed by atoms with Gasteiger partial charge in [-0.15, -0.1) is 11.3 Å². The van der Waals surface area contributed by atoms with Crippen molar-refractivity contribution in [1.82, 2.24) is 4.90 Å². The molecule has 2 aliphatic heterocycles. The van der Waals surface area contributed by atoms with Crippen LogP contribution in [0.15, 0.2) is 11.4 Å². The molecule has 3 heterocycles. The molecule has 5 nitrogen and oxygen atoms in total. The summed E-state index contributed by atoms with van der Waals surface area (Å²) in [6.45, 7) is 3.49. The lowest BCUT2D eigenvalue weighted by molar-refractivity contribution is -0.179. The molecule has 2 aliphatic rings. The normalized spacial score (nSPS) is 23.9. The third kappa shape index (κ3) is 3.49. The summed E-state index contributed by atoms with van der Waals surface area (Å²) in [5, 5.41) is 12.1. The number of hydrogen-bond donors (Lipinski definition) is 1. The Morgan fingerprint density at radius 1 is 1.43 bits per heavy atom. The SMILES string of the molecule is CC(=O)c1cc(CC(=O)N2CCC3(CC2)OCCC[C@@H]3O)cs1. The van der Waals surface area contributed by atoms with E-state index in [1.165, 1.54) is 18.3 Å². The molecule has 2 fully saturated rings. The Bertz CT molecular complexity index is 589. The number of piperidine rings is 1. The fourth-order valence-electron chi connectivity index (χ4n) is 3.46. The third-order valence-electron chi connectivity index (χ3n) is 4.94. The van der Waals surface area contributed by atoms with E-state index in [1.807, 2.05) is 16.3 Å². The van der Waals surface area contributed by atoms with E-state index in [1.54, 1.807) is 0 Å². The molecule has 23 heavy (non-hydrogen) atoms. The highest BCUT2D eigenvalue weighted by molar-refractivity contribution is 7.12. The number of aliphatic hydroxyl groups excluding tert-OH is 1. The molecule has 1 atom stereocenters. The van der Waals surface area contributed by atoms with Crippen LogP contribution in [0.25, 0.3) is 0 Å². The first-order chi connectivity index (χ1) is 11.0. The van der Waals surface area contributed by atoms with Gasteiger partial charge in [0.1, 0.15) is 0 Å². The first-order valence-electron chi connectivity index (χ1n) is 8.18. The van der Waals surface area contributed by atoms with E-state index in [4.69, 9.17) is 4.74 Å². The zero-order valence-electron chi connectivity index (χ0n) is 13.4. The van der Waals surface area contributed by atoms with Crippen LogP contribution in [0.4, 0.5) is 0 Å². The van der Waals surface area contributed by atoms with E-state index < -0.39 is 11.7 Å². The summed E-state index contributed by atoms with van der Waals surface area (Å²) in [4.78, 5) is 26.3. The molecule has 1 spiro atoms. The smallest absolute Gasteiger partial charge is 0.227 e. The van der Waals surface area contributed by atoms with Crippen LogP contribution in [0, 0.1) is 0 Å². The van der Waals surface area contributed by atoms with Gasteiger partial charge >= 0.3 is 0 Å². The van der Waals surface area contributed by atoms with Crippen LogP contribution >= 0.6 is 11.3 Å². The predicted octanol–water partition coefficient (Wildman–Crippen LogP) is 2.03. The molecule has 0 unspecified atom stereocenters. The van der Waals surface area contributed by atoms with Crippen molar-refractivity contribution >= 4 is 23.0 Å². The maximum Gasteiger partial charge on any atom is 0.227 e. The molecule has 0 aromatic carbocycles. The topological polar surface area (TPSA) is 66.8 Å². The van der Waals surface area contributed by atoms with Gasteiger partial charge in [-0.25, -0.2) is 0 Å². The van der Waals surface area contributed by atoms with Crippen molar-refractivity contribution in [3.63, 3.8) is 0 Å². The van der Waals surface area contributed by atoms with Gasteiger partial charge < -0.3 is 14.7 Å². The van der Waals surface area contributed by atoms with Gasteiger partial charge in [0.15, 0.2) is 5.78 Å². The lowest BCUT2D eigenvalue weighted by atomic mass is 9.82. The van der Waals surface area contributed by atoms with Crippen LogP contribution in [-0.2, 0) is 16.0 Å². The van der Waals surface area contributed by atoms with Gasteiger partial charge in [-0.3, -0.25) is 9.59 Å². The Balaban J connectivity index is 1.56. The lowest BCUT2D eigenvalue weighted by Crippen LogP contribution is -2.56. The van der Waals surface area contributed by atoms with Crippen LogP contribution in [0.2, 0.25) is 0 Å². The number of carbonyl (C=O) groups is 2. The zero-order chi connectivity index (χ0) is 16.4. The first kappa shape index (κ1) is 16.6. The summed E-state index contributed by atoms with van der Waals surface area (Å²) in [7, 11) is 0. The molecule has 1 aromatic rings. The number of hydrogen-bond acceptors (Lipinski definition) is 5. The van der Waals surface area contributed by atoms with Gasteiger partial charge in [-0.05, 0) is 49.6 Å². The fourth-order valence-corrected chi connectivity index (χ4v) is 4.28. The van der Waals surface area contributed by atoms with Crippen LogP contribution < -0.4 is 0 Å². The minimum atomic E-state index is -0.445. The molecule has 2 saturated heterocycles. The highest BCUT2D eigenvalue weighted by Crippen LogP contribution is 2.35. The number of amides is 1. The maximum absolute atomic E-state index is 12.4. The summed E-state index contributed by atoms with van der Waals surface area (Å²) >= 11 is 1.39. The Kier molecular flexibility index (Phi) is 4.85. The van der Waals surface area contributed by atoms with Crippen molar-refractivity contribution in [3.8, 4) is 0 Å². The number of likely N-dealkylation sites (tertiary alicyclic amines) is 1. The number of aliphatic hydroxyl groups is 1. The monoisotopic (exact) mass is 337 g/mol. The first-order valence-corrected chi connectivity index (χ1v) is 9.06. The molecule has 126 valence electrons. The van der Waals surface area contributed by atoms with Gasteiger partial charge in [0.25, 0.3) is 0 Å². The number of nitrogens with zero attached hydrogens (tertiary/aromatic N) is 1. The Morgan fingerprint density at radius 2 is 2.17 bits per heavy atom. The van der Waals surface area contributed by atoms with Crippen molar-refractivity contribution in [1.29, 1.82) is 0 Å². The average molecular weight is 337 g/mol. The molecular formula is C17H23NO4S. The highest BCUT2D eigenvalue weighted by Gasteiger charge is 2.44. The van der Waals surface area contributed by atoms with E-state index >= 15 is 0 Å². The second-order valence-electron chi connectivity index (χ2n) is 6.50. The number of ether oxygens (including phenoxy) is 1.